The minimum Gasteiger partial charge on any atom is -0.370 e. The predicted octanol–water partition coefficient (Wildman–Crippen LogP) is 3.04. The summed E-state index contributed by atoms with van der Waals surface area (Å²) in [6.07, 6.45) is 3.68. The summed E-state index contributed by atoms with van der Waals surface area (Å²) in [6, 6.07) is 8.08. The SMILES string of the molecule is Cl.NC1(C(=O)N2CCOC(c3ccc(Br)cc3)C2)CCCC1. The zero-order chi connectivity index (χ0) is 14.9. The summed E-state index contributed by atoms with van der Waals surface area (Å²) in [5, 5.41) is 0. The molecule has 1 amide bonds. The molecule has 1 aromatic carbocycles. The number of amides is 1. The van der Waals surface area contributed by atoms with Crippen LogP contribution in [0.5, 0.6) is 0 Å². The van der Waals surface area contributed by atoms with Crippen molar-refractivity contribution in [1.29, 1.82) is 0 Å². The van der Waals surface area contributed by atoms with E-state index < -0.39 is 5.54 Å². The molecule has 122 valence electrons. The van der Waals surface area contributed by atoms with Crippen LogP contribution < -0.4 is 5.73 Å². The molecule has 0 radical (unpaired) electrons. The smallest absolute Gasteiger partial charge is 0.242 e. The summed E-state index contributed by atoms with van der Waals surface area (Å²) >= 11 is 3.43. The Balaban J connectivity index is 0.00000176. The molecular formula is C16H22BrClN2O2. The van der Waals surface area contributed by atoms with E-state index in [1.807, 2.05) is 29.2 Å². The lowest BCUT2D eigenvalue weighted by Gasteiger charge is -2.37. The number of rotatable bonds is 2. The average Bonchev–Trinajstić information content (AvgIpc) is 2.95. The number of nitrogens with zero attached hydrogens (tertiary/aromatic N) is 1. The van der Waals surface area contributed by atoms with Crippen molar-refractivity contribution in [3.05, 3.63) is 34.3 Å². The normalized spacial score (nSPS) is 23.9. The zero-order valence-corrected chi connectivity index (χ0v) is 14.9. The highest BCUT2D eigenvalue weighted by Gasteiger charge is 2.41. The summed E-state index contributed by atoms with van der Waals surface area (Å²) in [5.41, 5.74) is 6.77. The van der Waals surface area contributed by atoms with Crippen LogP contribution in [0, 0.1) is 0 Å². The Morgan fingerprint density at radius 1 is 1.27 bits per heavy atom. The molecule has 2 N–H and O–H groups in total. The standard InChI is InChI=1S/C16H21BrN2O2.ClH/c17-13-5-3-12(4-6-13)14-11-19(9-10-21-14)15(20)16(18)7-1-2-8-16;/h3-6,14H,1-2,7-11,18H2;1H. The minimum absolute atomic E-state index is 0. The summed E-state index contributed by atoms with van der Waals surface area (Å²) in [4.78, 5) is 14.6. The second-order valence-electron chi connectivity index (χ2n) is 6.03. The van der Waals surface area contributed by atoms with Gasteiger partial charge in [-0.05, 0) is 30.5 Å². The molecule has 1 aliphatic carbocycles. The van der Waals surface area contributed by atoms with Crippen LogP contribution in [0.2, 0.25) is 0 Å². The molecule has 1 saturated carbocycles. The van der Waals surface area contributed by atoms with Crippen LogP contribution in [-0.2, 0) is 9.53 Å². The molecule has 0 aromatic heterocycles. The fourth-order valence-corrected chi connectivity index (χ4v) is 3.51. The van der Waals surface area contributed by atoms with Gasteiger partial charge in [0.15, 0.2) is 0 Å². The molecule has 1 aromatic rings. The van der Waals surface area contributed by atoms with Crippen LogP contribution in [0.1, 0.15) is 37.4 Å². The van der Waals surface area contributed by atoms with Gasteiger partial charge in [0.05, 0.1) is 18.7 Å². The molecule has 1 aliphatic heterocycles. The van der Waals surface area contributed by atoms with E-state index in [4.69, 9.17) is 10.5 Å². The van der Waals surface area contributed by atoms with Gasteiger partial charge in [0.25, 0.3) is 0 Å². The molecule has 1 heterocycles. The maximum Gasteiger partial charge on any atom is 0.242 e. The Labute approximate surface area is 145 Å². The van der Waals surface area contributed by atoms with Crippen molar-refractivity contribution in [1.82, 2.24) is 4.90 Å². The van der Waals surface area contributed by atoms with Gasteiger partial charge in [-0.25, -0.2) is 0 Å². The van der Waals surface area contributed by atoms with Crippen molar-refractivity contribution in [2.24, 2.45) is 5.73 Å². The third kappa shape index (κ3) is 3.65. The van der Waals surface area contributed by atoms with E-state index in [1.54, 1.807) is 0 Å². The lowest BCUT2D eigenvalue weighted by atomic mass is 9.96. The Morgan fingerprint density at radius 2 is 1.91 bits per heavy atom. The molecule has 2 aliphatic rings. The highest BCUT2D eigenvalue weighted by molar-refractivity contribution is 9.10. The van der Waals surface area contributed by atoms with E-state index in [0.29, 0.717) is 19.7 Å². The largest absolute Gasteiger partial charge is 0.370 e. The van der Waals surface area contributed by atoms with Crippen molar-refractivity contribution in [2.45, 2.75) is 37.3 Å². The summed E-state index contributed by atoms with van der Waals surface area (Å²) in [5.74, 6) is 0.102. The molecule has 0 spiro atoms. The molecule has 3 rings (SSSR count). The van der Waals surface area contributed by atoms with Crippen LogP contribution in [0.15, 0.2) is 28.7 Å². The number of ether oxygens (including phenoxy) is 1. The minimum atomic E-state index is -0.637. The first kappa shape index (κ1) is 17.7. The van der Waals surface area contributed by atoms with Crippen molar-refractivity contribution < 1.29 is 9.53 Å². The second kappa shape index (κ2) is 7.30. The monoisotopic (exact) mass is 388 g/mol. The summed E-state index contributed by atoms with van der Waals surface area (Å²) < 4.78 is 6.87. The highest BCUT2D eigenvalue weighted by atomic mass is 79.9. The van der Waals surface area contributed by atoms with Crippen molar-refractivity contribution in [3.63, 3.8) is 0 Å². The Kier molecular flexibility index (Phi) is 5.88. The van der Waals surface area contributed by atoms with Crippen LogP contribution in [0.25, 0.3) is 0 Å². The second-order valence-corrected chi connectivity index (χ2v) is 6.94. The molecule has 0 bridgehead atoms. The third-order valence-electron chi connectivity index (χ3n) is 4.52. The van der Waals surface area contributed by atoms with Gasteiger partial charge in [-0.1, -0.05) is 40.9 Å². The lowest BCUT2D eigenvalue weighted by Crippen LogP contribution is -2.56. The van der Waals surface area contributed by atoms with Gasteiger partial charge in [-0.2, -0.15) is 0 Å². The maximum atomic E-state index is 12.7. The first-order valence-corrected chi connectivity index (χ1v) is 8.33. The maximum absolute atomic E-state index is 12.7. The van der Waals surface area contributed by atoms with Crippen LogP contribution >= 0.6 is 28.3 Å². The van der Waals surface area contributed by atoms with Crippen molar-refractivity contribution >= 4 is 34.2 Å². The third-order valence-corrected chi connectivity index (χ3v) is 5.05. The number of halogens is 2. The van der Waals surface area contributed by atoms with E-state index in [1.165, 1.54) is 0 Å². The fraction of sp³-hybridized carbons (Fsp3) is 0.562. The van der Waals surface area contributed by atoms with Gasteiger partial charge in [0.2, 0.25) is 5.91 Å². The molecule has 1 saturated heterocycles. The van der Waals surface area contributed by atoms with Gasteiger partial charge in [0, 0.05) is 11.0 Å². The van der Waals surface area contributed by atoms with E-state index in [-0.39, 0.29) is 24.4 Å². The number of nitrogens with two attached hydrogens (primary N) is 1. The molecular weight excluding hydrogens is 368 g/mol. The van der Waals surface area contributed by atoms with Crippen molar-refractivity contribution in [2.75, 3.05) is 19.7 Å². The molecule has 2 fully saturated rings. The molecule has 1 unspecified atom stereocenters. The van der Waals surface area contributed by atoms with E-state index in [0.717, 1.165) is 35.7 Å². The Morgan fingerprint density at radius 3 is 2.55 bits per heavy atom. The predicted molar refractivity (Wildman–Crippen MR) is 92.0 cm³/mol. The van der Waals surface area contributed by atoms with Crippen molar-refractivity contribution in [3.8, 4) is 0 Å². The number of hydrogen-bond acceptors (Lipinski definition) is 3. The van der Waals surface area contributed by atoms with Crippen LogP contribution in [0.3, 0.4) is 0 Å². The summed E-state index contributed by atoms with van der Waals surface area (Å²) in [7, 11) is 0. The van der Waals surface area contributed by atoms with Gasteiger partial charge >= 0.3 is 0 Å². The van der Waals surface area contributed by atoms with E-state index in [2.05, 4.69) is 15.9 Å². The van der Waals surface area contributed by atoms with Gasteiger partial charge in [0.1, 0.15) is 6.10 Å². The molecule has 6 heteroatoms. The quantitative estimate of drug-likeness (QED) is 0.846. The Hall–Kier alpha value is -0.620. The van der Waals surface area contributed by atoms with Crippen LogP contribution in [-0.4, -0.2) is 36.0 Å². The number of carbonyl (C=O) groups is 1. The van der Waals surface area contributed by atoms with E-state index >= 15 is 0 Å². The van der Waals surface area contributed by atoms with Gasteiger partial charge < -0.3 is 15.4 Å². The molecule has 4 nitrogen and oxygen atoms in total. The number of benzene rings is 1. The first-order valence-electron chi connectivity index (χ1n) is 7.54. The molecule has 1 atom stereocenters. The first-order chi connectivity index (χ1) is 10.1. The Bertz CT molecular complexity index is 517. The lowest BCUT2D eigenvalue weighted by molar-refractivity contribution is -0.144. The highest BCUT2D eigenvalue weighted by Crippen LogP contribution is 2.31. The number of hydrogen-bond donors (Lipinski definition) is 1. The van der Waals surface area contributed by atoms with Gasteiger partial charge in [-0.15, -0.1) is 12.4 Å². The van der Waals surface area contributed by atoms with Crippen LogP contribution in [0.4, 0.5) is 0 Å². The number of morpholine rings is 1. The average molecular weight is 390 g/mol. The summed E-state index contributed by atoms with van der Waals surface area (Å²) in [6.45, 7) is 1.81. The zero-order valence-electron chi connectivity index (χ0n) is 12.5. The number of carbonyl (C=O) groups excluding carboxylic acids is 1. The fourth-order valence-electron chi connectivity index (χ4n) is 3.25. The molecule has 22 heavy (non-hydrogen) atoms. The van der Waals surface area contributed by atoms with Gasteiger partial charge in [-0.3, -0.25) is 4.79 Å². The van der Waals surface area contributed by atoms with E-state index in [9.17, 15) is 4.79 Å². The topological polar surface area (TPSA) is 55.6 Å².